The van der Waals surface area contributed by atoms with Gasteiger partial charge in [0.25, 0.3) is 5.88 Å². The Morgan fingerprint density at radius 2 is 2.00 bits per heavy atom. The Morgan fingerprint density at radius 1 is 1.35 bits per heavy atom. The molecule has 1 rings (SSSR count). The van der Waals surface area contributed by atoms with E-state index in [1.54, 1.807) is 0 Å². The molecular formula is C11H19ClN6O2. The lowest BCUT2D eigenvalue weighted by Gasteiger charge is -2.14. The molecule has 0 aliphatic heterocycles. The first-order chi connectivity index (χ1) is 9.29. The fraction of sp³-hybridized carbons (Fsp3) is 0.545. The third kappa shape index (κ3) is 5.06. The number of ether oxygens (including phenoxy) is 1. The maximum absolute atomic E-state index is 11.6. The summed E-state index contributed by atoms with van der Waals surface area (Å²) in [5, 5.41) is 2.43. The lowest BCUT2D eigenvalue weighted by molar-refractivity contribution is 0.197. The largest absolute Gasteiger partial charge is 0.414 e. The molecular weight excluding hydrogens is 284 g/mol. The normalized spacial score (nSPS) is 12.2. The number of hydrogen-bond acceptors (Lipinski definition) is 7. The van der Waals surface area contributed by atoms with E-state index < -0.39 is 6.09 Å². The molecule has 1 amide bonds. The Kier molecular flexibility index (Phi) is 5.78. The van der Waals surface area contributed by atoms with Gasteiger partial charge in [-0.25, -0.2) is 9.78 Å². The van der Waals surface area contributed by atoms with Gasteiger partial charge in [0.2, 0.25) is 0 Å². The Balaban J connectivity index is 2.53. The van der Waals surface area contributed by atoms with Crippen LogP contribution in [0.1, 0.15) is 20.3 Å². The van der Waals surface area contributed by atoms with Crippen molar-refractivity contribution in [2.24, 2.45) is 11.7 Å². The molecule has 0 aromatic carbocycles. The Labute approximate surface area is 122 Å². The predicted molar refractivity (Wildman–Crippen MR) is 77.3 cm³/mol. The summed E-state index contributed by atoms with van der Waals surface area (Å²) < 4.78 is 4.89. The number of carbonyl (C=O) groups is 1. The van der Waals surface area contributed by atoms with Crippen molar-refractivity contribution in [2.75, 3.05) is 18.0 Å². The minimum absolute atomic E-state index is 0.0316. The highest BCUT2D eigenvalue weighted by atomic mass is 35.5. The number of hydrogen-bond donors (Lipinski definition) is 4. The lowest BCUT2D eigenvalue weighted by atomic mass is 10.0. The first-order valence-electron chi connectivity index (χ1n) is 6.09. The van der Waals surface area contributed by atoms with E-state index >= 15 is 0 Å². The van der Waals surface area contributed by atoms with Gasteiger partial charge in [-0.15, -0.1) is 0 Å². The molecule has 0 spiro atoms. The number of halogens is 1. The van der Waals surface area contributed by atoms with E-state index in [0.29, 0.717) is 5.92 Å². The van der Waals surface area contributed by atoms with Crippen LogP contribution in [0.25, 0.3) is 0 Å². The van der Waals surface area contributed by atoms with Crippen LogP contribution in [0.4, 0.5) is 16.4 Å². The number of aromatic nitrogens is 2. The lowest BCUT2D eigenvalue weighted by Crippen LogP contribution is -2.39. The molecule has 0 saturated carbocycles. The molecule has 0 radical (unpaired) electrons. The highest BCUT2D eigenvalue weighted by molar-refractivity contribution is 6.31. The van der Waals surface area contributed by atoms with Crippen LogP contribution in [-0.4, -0.2) is 28.6 Å². The molecule has 8 nitrogen and oxygen atoms in total. The third-order valence-corrected chi connectivity index (χ3v) is 2.62. The van der Waals surface area contributed by atoms with Gasteiger partial charge in [0, 0.05) is 12.6 Å². The summed E-state index contributed by atoms with van der Waals surface area (Å²) in [5.41, 5.74) is 16.8. The zero-order valence-electron chi connectivity index (χ0n) is 11.4. The van der Waals surface area contributed by atoms with Crippen molar-refractivity contribution in [2.45, 2.75) is 26.3 Å². The molecule has 1 aromatic rings. The summed E-state index contributed by atoms with van der Waals surface area (Å²) in [6.45, 7) is 4.38. The Bertz CT molecular complexity index is 482. The molecule has 0 unspecified atom stereocenters. The number of nitrogens with zero attached hydrogens (tertiary/aromatic N) is 2. The van der Waals surface area contributed by atoms with E-state index in [4.69, 9.17) is 33.5 Å². The number of amides is 1. The number of nitrogen functional groups attached to an aromatic ring is 2. The van der Waals surface area contributed by atoms with Crippen LogP contribution in [0.3, 0.4) is 0 Å². The molecule has 112 valence electrons. The summed E-state index contributed by atoms with van der Waals surface area (Å²) in [5.74, 6) is 0.101. The van der Waals surface area contributed by atoms with Gasteiger partial charge in [-0.3, -0.25) is 0 Å². The number of nitrogens with two attached hydrogens (primary N) is 3. The van der Waals surface area contributed by atoms with Gasteiger partial charge in [0.05, 0.1) is 0 Å². The van der Waals surface area contributed by atoms with Crippen LogP contribution in [0.2, 0.25) is 5.15 Å². The van der Waals surface area contributed by atoms with Crippen LogP contribution < -0.4 is 27.3 Å². The van der Waals surface area contributed by atoms with E-state index in [1.165, 1.54) is 0 Å². The molecule has 0 aliphatic rings. The molecule has 0 aliphatic carbocycles. The minimum atomic E-state index is -0.731. The predicted octanol–water partition coefficient (Wildman–Crippen LogP) is 0.756. The first kappa shape index (κ1) is 16.3. The number of rotatable bonds is 5. The second kappa shape index (κ2) is 7.11. The fourth-order valence-electron chi connectivity index (χ4n) is 1.53. The van der Waals surface area contributed by atoms with Crippen molar-refractivity contribution in [3.8, 4) is 5.88 Å². The van der Waals surface area contributed by atoms with E-state index in [0.717, 1.165) is 6.42 Å². The molecule has 1 atom stereocenters. The number of nitrogens with one attached hydrogen (secondary N) is 1. The summed E-state index contributed by atoms with van der Waals surface area (Å²) in [4.78, 5) is 19.0. The topological polar surface area (TPSA) is 142 Å². The summed E-state index contributed by atoms with van der Waals surface area (Å²) >= 11 is 5.67. The van der Waals surface area contributed by atoms with Crippen molar-refractivity contribution < 1.29 is 9.53 Å². The van der Waals surface area contributed by atoms with Gasteiger partial charge in [-0.2, -0.15) is 4.98 Å². The van der Waals surface area contributed by atoms with Gasteiger partial charge >= 0.3 is 6.09 Å². The molecule has 1 heterocycles. The van der Waals surface area contributed by atoms with Crippen LogP contribution in [0, 0.1) is 5.92 Å². The summed E-state index contributed by atoms with van der Waals surface area (Å²) in [6, 6.07) is -0.152. The highest BCUT2D eigenvalue weighted by Gasteiger charge is 2.14. The van der Waals surface area contributed by atoms with Crippen molar-refractivity contribution in [3.05, 3.63) is 5.15 Å². The van der Waals surface area contributed by atoms with E-state index in [9.17, 15) is 4.79 Å². The van der Waals surface area contributed by atoms with Crippen LogP contribution >= 0.6 is 11.6 Å². The Morgan fingerprint density at radius 3 is 2.60 bits per heavy atom. The van der Waals surface area contributed by atoms with E-state index in [-0.39, 0.29) is 35.3 Å². The molecule has 1 aromatic heterocycles. The first-order valence-corrected chi connectivity index (χ1v) is 6.47. The standard InChI is InChI=1S/C11H19ClN6O2/c1-5(2)3-6(13)4-16-11(19)20-10-9(15)18-8(14)7(12)17-10/h5-6H,3-4,13H2,1-2H3,(H,16,19)(H4,14,15,18)/t6-/m0/s1. The third-order valence-electron chi connectivity index (χ3n) is 2.34. The fourth-order valence-corrected chi connectivity index (χ4v) is 1.65. The Hall–Kier alpha value is -1.80. The van der Waals surface area contributed by atoms with Crippen molar-refractivity contribution >= 4 is 29.3 Å². The van der Waals surface area contributed by atoms with Crippen LogP contribution in [0.15, 0.2) is 0 Å². The summed E-state index contributed by atoms with van der Waals surface area (Å²) in [7, 11) is 0. The van der Waals surface area contributed by atoms with E-state index in [1.807, 2.05) is 13.8 Å². The molecule has 20 heavy (non-hydrogen) atoms. The maximum Gasteiger partial charge on any atom is 0.414 e. The molecule has 9 heteroatoms. The van der Waals surface area contributed by atoms with Gasteiger partial charge in [0.15, 0.2) is 16.8 Å². The van der Waals surface area contributed by atoms with Crippen LogP contribution in [-0.2, 0) is 0 Å². The smallest absolute Gasteiger partial charge is 0.387 e. The summed E-state index contributed by atoms with van der Waals surface area (Å²) in [6.07, 6.45) is 0.0571. The molecule has 0 saturated heterocycles. The zero-order valence-corrected chi connectivity index (χ0v) is 12.1. The second-order valence-electron chi connectivity index (χ2n) is 4.75. The maximum atomic E-state index is 11.6. The number of anilines is 2. The number of carbonyl (C=O) groups excluding carboxylic acids is 1. The molecule has 7 N–H and O–H groups in total. The van der Waals surface area contributed by atoms with Gasteiger partial charge in [-0.1, -0.05) is 25.4 Å². The molecule has 0 fully saturated rings. The second-order valence-corrected chi connectivity index (χ2v) is 5.11. The molecule has 0 bridgehead atoms. The van der Waals surface area contributed by atoms with Gasteiger partial charge < -0.3 is 27.3 Å². The van der Waals surface area contributed by atoms with Crippen LogP contribution in [0.5, 0.6) is 5.88 Å². The van der Waals surface area contributed by atoms with Crippen molar-refractivity contribution in [1.82, 2.24) is 15.3 Å². The van der Waals surface area contributed by atoms with Crippen molar-refractivity contribution in [1.29, 1.82) is 0 Å². The monoisotopic (exact) mass is 302 g/mol. The highest BCUT2D eigenvalue weighted by Crippen LogP contribution is 2.22. The van der Waals surface area contributed by atoms with Crippen molar-refractivity contribution in [3.63, 3.8) is 0 Å². The zero-order chi connectivity index (χ0) is 15.3. The quantitative estimate of drug-likeness (QED) is 0.628. The average Bonchev–Trinajstić information content (AvgIpc) is 2.32. The minimum Gasteiger partial charge on any atom is -0.387 e. The van der Waals surface area contributed by atoms with Gasteiger partial charge in [-0.05, 0) is 12.3 Å². The average molecular weight is 303 g/mol. The van der Waals surface area contributed by atoms with E-state index in [2.05, 4.69) is 15.3 Å². The van der Waals surface area contributed by atoms with Gasteiger partial charge in [0.1, 0.15) is 0 Å². The SMILES string of the molecule is CC(C)C[C@H](N)CNC(=O)Oc1nc(Cl)c(N)nc1N.